The second kappa shape index (κ2) is 5.52. The van der Waals surface area contributed by atoms with Crippen molar-refractivity contribution < 1.29 is 10.2 Å². The molecule has 0 saturated carbocycles. The van der Waals surface area contributed by atoms with Crippen molar-refractivity contribution in [1.82, 2.24) is 0 Å². The van der Waals surface area contributed by atoms with E-state index in [9.17, 15) is 10.2 Å². The van der Waals surface area contributed by atoms with Gasteiger partial charge in [-0.15, -0.1) is 0 Å². The van der Waals surface area contributed by atoms with Gasteiger partial charge in [0, 0.05) is 12.5 Å². The first kappa shape index (κ1) is 12.4. The first-order chi connectivity index (χ1) is 8.15. The molecule has 3 atom stereocenters. The summed E-state index contributed by atoms with van der Waals surface area (Å²) in [5.74, 6) is 0.973. The molecule has 0 radical (unpaired) electrons. The van der Waals surface area contributed by atoms with Crippen LogP contribution in [0, 0.1) is 5.92 Å². The Morgan fingerprint density at radius 2 is 2.18 bits per heavy atom. The number of aliphatic hydroxyl groups is 2. The van der Waals surface area contributed by atoms with Crippen molar-refractivity contribution >= 4 is 0 Å². The average Bonchev–Trinajstić information content (AvgIpc) is 2.33. The summed E-state index contributed by atoms with van der Waals surface area (Å²) < 4.78 is 0. The van der Waals surface area contributed by atoms with E-state index in [-0.39, 0.29) is 12.1 Å². The molecule has 2 aliphatic carbocycles. The van der Waals surface area contributed by atoms with E-state index in [1.54, 1.807) is 0 Å². The van der Waals surface area contributed by atoms with E-state index >= 15 is 0 Å². The zero-order chi connectivity index (χ0) is 12.3. The summed E-state index contributed by atoms with van der Waals surface area (Å²) in [5.41, 5.74) is 7.43. The Morgan fingerprint density at radius 1 is 1.35 bits per heavy atom. The highest BCUT2D eigenvalue weighted by Gasteiger charge is 2.21. The summed E-state index contributed by atoms with van der Waals surface area (Å²) in [6, 6.07) is 0.144. The van der Waals surface area contributed by atoms with Crippen molar-refractivity contribution in [3.63, 3.8) is 0 Å². The van der Waals surface area contributed by atoms with Crippen LogP contribution in [-0.2, 0) is 0 Å². The molecule has 0 aromatic heterocycles. The van der Waals surface area contributed by atoms with Gasteiger partial charge in [0.15, 0.2) is 0 Å². The first-order valence-electron chi connectivity index (χ1n) is 6.34. The molecule has 0 aromatic rings. The van der Waals surface area contributed by atoms with Gasteiger partial charge in [0.1, 0.15) is 0 Å². The summed E-state index contributed by atoms with van der Waals surface area (Å²) in [7, 11) is 0. The van der Waals surface area contributed by atoms with Crippen LogP contribution in [-0.4, -0.2) is 22.4 Å². The third-order valence-electron chi connectivity index (χ3n) is 3.66. The largest absolute Gasteiger partial charge is 0.513 e. The maximum absolute atomic E-state index is 9.34. The van der Waals surface area contributed by atoms with Crippen molar-refractivity contribution in [2.75, 3.05) is 0 Å². The Labute approximate surface area is 102 Å². The fourth-order valence-electron chi connectivity index (χ4n) is 2.47. The predicted octanol–water partition coefficient (Wildman–Crippen LogP) is 2.19. The van der Waals surface area contributed by atoms with Crippen LogP contribution in [0.1, 0.15) is 32.1 Å². The molecule has 17 heavy (non-hydrogen) atoms. The van der Waals surface area contributed by atoms with Crippen LogP contribution >= 0.6 is 0 Å². The number of rotatable bonds is 3. The molecule has 0 aromatic carbocycles. The van der Waals surface area contributed by atoms with Crippen LogP contribution in [0.4, 0.5) is 0 Å². The molecule has 0 heterocycles. The molecule has 0 saturated heterocycles. The molecule has 4 N–H and O–H groups in total. The van der Waals surface area contributed by atoms with Gasteiger partial charge < -0.3 is 15.9 Å². The lowest BCUT2D eigenvalue weighted by Gasteiger charge is -2.26. The summed E-state index contributed by atoms with van der Waals surface area (Å²) in [6.07, 6.45) is 11.6. The van der Waals surface area contributed by atoms with Gasteiger partial charge in [-0.3, -0.25) is 0 Å². The van der Waals surface area contributed by atoms with Gasteiger partial charge in [-0.2, -0.15) is 0 Å². The van der Waals surface area contributed by atoms with E-state index in [2.05, 4.69) is 6.08 Å². The molecule has 0 amide bonds. The van der Waals surface area contributed by atoms with E-state index in [1.807, 2.05) is 18.2 Å². The summed E-state index contributed by atoms with van der Waals surface area (Å²) in [4.78, 5) is 0. The quantitative estimate of drug-likeness (QED) is 0.702. The van der Waals surface area contributed by atoms with Gasteiger partial charge in [0.25, 0.3) is 0 Å². The van der Waals surface area contributed by atoms with Gasteiger partial charge in [-0.05, 0) is 37.7 Å². The summed E-state index contributed by atoms with van der Waals surface area (Å²) in [5, 5.41) is 18.7. The van der Waals surface area contributed by atoms with Crippen LogP contribution in [0.2, 0.25) is 0 Å². The zero-order valence-electron chi connectivity index (χ0n) is 10.0. The molecule has 2 aliphatic rings. The molecule has 3 nitrogen and oxygen atoms in total. The molecule has 1 unspecified atom stereocenters. The fourth-order valence-corrected chi connectivity index (χ4v) is 2.47. The molecule has 94 valence electrons. The number of allylic oxidation sites excluding steroid dienone is 3. The van der Waals surface area contributed by atoms with Crippen LogP contribution < -0.4 is 5.73 Å². The normalized spacial score (nSPS) is 30.7. The van der Waals surface area contributed by atoms with Gasteiger partial charge in [-0.1, -0.05) is 23.8 Å². The molecular weight excluding hydrogens is 214 g/mol. The Bertz CT molecular complexity index is 357. The summed E-state index contributed by atoms with van der Waals surface area (Å²) >= 11 is 0. The first-order valence-corrected chi connectivity index (χ1v) is 6.34. The van der Waals surface area contributed by atoms with Crippen molar-refractivity contribution in [3.05, 3.63) is 35.6 Å². The van der Waals surface area contributed by atoms with Crippen molar-refractivity contribution in [2.45, 2.75) is 44.2 Å². The van der Waals surface area contributed by atoms with Gasteiger partial charge >= 0.3 is 0 Å². The van der Waals surface area contributed by atoms with Gasteiger partial charge in [0.2, 0.25) is 0 Å². The molecule has 0 bridgehead atoms. The molecule has 2 rings (SSSR count). The minimum Gasteiger partial charge on any atom is -0.513 e. The highest BCUT2D eigenvalue weighted by Crippen LogP contribution is 2.27. The standard InChI is InChI=1S/C14H21NO2/c15-14(11-3-7-13(17)8-4-11)9-10-1-5-12(16)6-2-10/h1-2,5,7,11-12,14,16-17H,3-4,6,8-9,15H2/t11-,12-,14?/m1/s1. The third-order valence-corrected chi connectivity index (χ3v) is 3.66. The Morgan fingerprint density at radius 3 is 2.76 bits per heavy atom. The number of aliphatic hydroxyl groups excluding tert-OH is 2. The van der Waals surface area contributed by atoms with E-state index in [4.69, 9.17) is 5.73 Å². The number of nitrogens with two attached hydrogens (primary N) is 1. The van der Waals surface area contributed by atoms with E-state index < -0.39 is 0 Å². The monoisotopic (exact) mass is 235 g/mol. The predicted molar refractivity (Wildman–Crippen MR) is 68.5 cm³/mol. The van der Waals surface area contributed by atoms with Gasteiger partial charge in [0.05, 0.1) is 11.9 Å². The smallest absolute Gasteiger partial charge is 0.0883 e. The van der Waals surface area contributed by atoms with Crippen LogP contribution in [0.5, 0.6) is 0 Å². The molecular formula is C14H21NO2. The van der Waals surface area contributed by atoms with Crippen LogP contribution in [0.25, 0.3) is 0 Å². The van der Waals surface area contributed by atoms with Crippen molar-refractivity contribution in [2.24, 2.45) is 11.7 Å². The van der Waals surface area contributed by atoms with Crippen LogP contribution in [0.3, 0.4) is 0 Å². The lowest BCUT2D eigenvalue weighted by molar-refractivity contribution is 0.224. The lowest BCUT2D eigenvalue weighted by Crippen LogP contribution is -2.31. The van der Waals surface area contributed by atoms with E-state index in [0.29, 0.717) is 18.1 Å². The maximum Gasteiger partial charge on any atom is 0.0883 e. The molecule has 0 spiro atoms. The second-order valence-electron chi connectivity index (χ2n) is 5.04. The number of hydrogen-bond donors (Lipinski definition) is 3. The lowest BCUT2D eigenvalue weighted by atomic mass is 9.84. The van der Waals surface area contributed by atoms with Crippen molar-refractivity contribution in [1.29, 1.82) is 0 Å². The SMILES string of the molecule is NC(CC1=CC[C@H](O)C=C1)[C@@H]1CC=C(O)CC1. The van der Waals surface area contributed by atoms with E-state index in [1.165, 1.54) is 5.57 Å². The minimum atomic E-state index is -0.329. The average molecular weight is 235 g/mol. The van der Waals surface area contributed by atoms with Gasteiger partial charge in [-0.25, -0.2) is 0 Å². The number of hydrogen-bond acceptors (Lipinski definition) is 3. The molecule has 3 heteroatoms. The third kappa shape index (κ3) is 3.45. The summed E-state index contributed by atoms with van der Waals surface area (Å²) in [6.45, 7) is 0. The Kier molecular flexibility index (Phi) is 4.02. The molecule has 0 aliphatic heterocycles. The Balaban J connectivity index is 1.85. The molecule has 0 fully saturated rings. The topological polar surface area (TPSA) is 66.5 Å². The second-order valence-corrected chi connectivity index (χ2v) is 5.04. The zero-order valence-corrected chi connectivity index (χ0v) is 10.0. The minimum absolute atomic E-state index is 0.144. The van der Waals surface area contributed by atoms with Crippen molar-refractivity contribution in [3.8, 4) is 0 Å². The highest BCUT2D eigenvalue weighted by molar-refractivity contribution is 5.25. The fraction of sp³-hybridized carbons (Fsp3) is 0.571. The highest BCUT2D eigenvalue weighted by atomic mass is 16.3. The Hall–Kier alpha value is -1.06. The van der Waals surface area contributed by atoms with Crippen LogP contribution in [0.15, 0.2) is 35.6 Å². The van der Waals surface area contributed by atoms with E-state index in [0.717, 1.165) is 25.7 Å². The maximum atomic E-state index is 9.34.